The van der Waals surface area contributed by atoms with Crippen LogP contribution in [0, 0.1) is 11.8 Å². The molecule has 0 saturated heterocycles. The van der Waals surface area contributed by atoms with Crippen molar-refractivity contribution >= 4 is 11.9 Å². The predicted octanol–water partition coefficient (Wildman–Crippen LogP) is 3.92. The SMILES string of the molecule is C=CCC=CCOC(=O)C1CC=CCC1C(=O)OCC=CCC=C. The Balaban J connectivity index is 2.49. The second kappa shape index (κ2) is 12.1. The molecule has 0 heterocycles. The number of rotatable bonds is 10. The van der Waals surface area contributed by atoms with E-state index in [0.717, 1.165) is 12.8 Å². The summed E-state index contributed by atoms with van der Waals surface area (Å²) >= 11 is 0. The maximum Gasteiger partial charge on any atom is 0.310 e. The molecule has 0 amide bonds. The van der Waals surface area contributed by atoms with Gasteiger partial charge >= 0.3 is 11.9 Å². The zero-order valence-electron chi connectivity index (χ0n) is 14.1. The van der Waals surface area contributed by atoms with E-state index in [4.69, 9.17) is 9.47 Å². The van der Waals surface area contributed by atoms with Crippen LogP contribution in [0.1, 0.15) is 25.7 Å². The summed E-state index contributed by atoms with van der Waals surface area (Å²) in [6, 6.07) is 0. The van der Waals surface area contributed by atoms with Gasteiger partial charge in [0.05, 0.1) is 11.8 Å². The van der Waals surface area contributed by atoms with Gasteiger partial charge in [-0.25, -0.2) is 0 Å². The minimum atomic E-state index is -0.479. The molecule has 1 rings (SSSR count). The van der Waals surface area contributed by atoms with E-state index in [1.54, 1.807) is 24.3 Å². The number of carbonyl (C=O) groups is 2. The fraction of sp³-hybridized carbons (Fsp3) is 0.400. The van der Waals surface area contributed by atoms with E-state index in [2.05, 4.69) is 13.2 Å². The van der Waals surface area contributed by atoms with Crippen LogP contribution in [0.2, 0.25) is 0 Å². The topological polar surface area (TPSA) is 52.6 Å². The largest absolute Gasteiger partial charge is 0.461 e. The highest BCUT2D eigenvalue weighted by atomic mass is 16.5. The van der Waals surface area contributed by atoms with Crippen LogP contribution in [0.25, 0.3) is 0 Å². The standard InChI is InChI=1S/C20H26O4/c1-3-5-7-11-15-23-19(21)17-13-9-10-14-18(17)20(22)24-16-12-8-6-4-2/h3-4,7-12,17-18H,1-2,5-6,13-16H2. The van der Waals surface area contributed by atoms with Crippen LogP contribution in [0.3, 0.4) is 0 Å². The van der Waals surface area contributed by atoms with E-state index < -0.39 is 11.8 Å². The molecule has 2 atom stereocenters. The number of ether oxygens (including phenoxy) is 2. The Kier molecular flexibility index (Phi) is 9.93. The minimum Gasteiger partial charge on any atom is -0.461 e. The Morgan fingerprint density at radius 3 is 1.62 bits per heavy atom. The van der Waals surface area contributed by atoms with Crippen molar-refractivity contribution in [3.63, 3.8) is 0 Å². The molecular formula is C20H26O4. The molecule has 0 saturated carbocycles. The Morgan fingerprint density at radius 1 is 0.833 bits per heavy atom. The monoisotopic (exact) mass is 330 g/mol. The molecule has 4 nitrogen and oxygen atoms in total. The first-order valence-electron chi connectivity index (χ1n) is 8.20. The van der Waals surface area contributed by atoms with Crippen LogP contribution in [0.4, 0.5) is 0 Å². The Hall–Kier alpha value is -2.36. The second-order valence-corrected chi connectivity index (χ2v) is 5.41. The summed E-state index contributed by atoms with van der Waals surface area (Å²) < 4.78 is 10.5. The Bertz CT molecular complexity index is 468. The van der Waals surface area contributed by atoms with Crippen molar-refractivity contribution in [1.82, 2.24) is 0 Å². The fourth-order valence-electron chi connectivity index (χ4n) is 2.33. The van der Waals surface area contributed by atoms with Gasteiger partial charge in [-0.15, -0.1) is 13.2 Å². The number of esters is 2. The summed E-state index contributed by atoms with van der Waals surface area (Å²) in [7, 11) is 0. The lowest BCUT2D eigenvalue weighted by Crippen LogP contribution is -2.33. The van der Waals surface area contributed by atoms with Gasteiger partial charge in [0, 0.05) is 0 Å². The van der Waals surface area contributed by atoms with E-state index in [-0.39, 0.29) is 25.2 Å². The van der Waals surface area contributed by atoms with E-state index in [9.17, 15) is 9.59 Å². The minimum absolute atomic E-state index is 0.207. The first-order valence-corrected chi connectivity index (χ1v) is 8.20. The number of hydrogen-bond donors (Lipinski definition) is 0. The first kappa shape index (κ1) is 19.7. The first-order chi connectivity index (χ1) is 11.7. The van der Waals surface area contributed by atoms with Gasteiger partial charge in [-0.2, -0.15) is 0 Å². The molecular weight excluding hydrogens is 304 g/mol. The van der Waals surface area contributed by atoms with E-state index in [1.165, 1.54) is 0 Å². The summed E-state index contributed by atoms with van der Waals surface area (Å²) in [5.41, 5.74) is 0. The fourth-order valence-corrected chi connectivity index (χ4v) is 2.33. The molecule has 24 heavy (non-hydrogen) atoms. The van der Waals surface area contributed by atoms with Crippen LogP contribution in [0.5, 0.6) is 0 Å². The van der Waals surface area contributed by atoms with E-state index >= 15 is 0 Å². The van der Waals surface area contributed by atoms with Crippen molar-refractivity contribution in [2.24, 2.45) is 11.8 Å². The molecule has 1 aliphatic rings. The summed E-state index contributed by atoms with van der Waals surface area (Å²) in [5.74, 6) is -1.67. The number of carbonyl (C=O) groups excluding carboxylic acids is 2. The average molecular weight is 330 g/mol. The molecule has 0 aromatic rings. The Labute approximate surface area is 144 Å². The van der Waals surface area contributed by atoms with Crippen molar-refractivity contribution in [1.29, 1.82) is 0 Å². The van der Waals surface area contributed by atoms with Crippen LogP contribution < -0.4 is 0 Å². The summed E-state index contributed by atoms with van der Waals surface area (Å²) in [5, 5.41) is 0. The normalized spacial score (nSPS) is 20.2. The van der Waals surface area contributed by atoms with Crippen LogP contribution >= 0.6 is 0 Å². The van der Waals surface area contributed by atoms with Crippen molar-refractivity contribution in [3.8, 4) is 0 Å². The maximum atomic E-state index is 12.2. The highest BCUT2D eigenvalue weighted by molar-refractivity contribution is 5.82. The molecule has 2 unspecified atom stereocenters. The summed E-state index contributed by atoms with van der Waals surface area (Å²) in [6.07, 6.45) is 17.1. The van der Waals surface area contributed by atoms with Gasteiger partial charge in [0.1, 0.15) is 13.2 Å². The van der Waals surface area contributed by atoms with E-state index in [1.807, 2.05) is 24.3 Å². The molecule has 1 aliphatic carbocycles. The third kappa shape index (κ3) is 7.27. The average Bonchev–Trinajstić information content (AvgIpc) is 2.61. The molecule has 4 heteroatoms. The third-order valence-corrected chi connectivity index (χ3v) is 3.62. The summed E-state index contributed by atoms with van der Waals surface area (Å²) in [4.78, 5) is 24.4. The zero-order valence-corrected chi connectivity index (χ0v) is 14.1. The molecule has 0 aromatic carbocycles. The van der Waals surface area contributed by atoms with Crippen molar-refractivity contribution in [2.75, 3.05) is 13.2 Å². The quantitative estimate of drug-likeness (QED) is 0.450. The number of allylic oxidation sites excluding steroid dienone is 6. The predicted molar refractivity (Wildman–Crippen MR) is 95.2 cm³/mol. The van der Waals surface area contributed by atoms with Gasteiger partial charge in [-0.1, -0.05) is 48.6 Å². The molecule has 0 bridgehead atoms. The van der Waals surface area contributed by atoms with Gasteiger partial charge in [-0.3, -0.25) is 9.59 Å². The van der Waals surface area contributed by atoms with Gasteiger partial charge in [0.25, 0.3) is 0 Å². The molecule has 0 spiro atoms. The van der Waals surface area contributed by atoms with Gasteiger partial charge in [0.15, 0.2) is 0 Å². The lowest BCUT2D eigenvalue weighted by atomic mass is 9.83. The Morgan fingerprint density at radius 2 is 1.25 bits per heavy atom. The smallest absolute Gasteiger partial charge is 0.310 e. The van der Waals surface area contributed by atoms with E-state index in [0.29, 0.717) is 12.8 Å². The zero-order chi connectivity index (χ0) is 17.6. The van der Waals surface area contributed by atoms with Crippen molar-refractivity contribution < 1.29 is 19.1 Å². The van der Waals surface area contributed by atoms with Crippen LogP contribution in [-0.4, -0.2) is 25.2 Å². The lowest BCUT2D eigenvalue weighted by Gasteiger charge is -2.24. The maximum absolute atomic E-state index is 12.2. The summed E-state index contributed by atoms with van der Waals surface area (Å²) in [6.45, 7) is 7.63. The highest BCUT2D eigenvalue weighted by Gasteiger charge is 2.36. The molecule has 0 N–H and O–H groups in total. The van der Waals surface area contributed by atoms with Gasteiger partial charge < -0.3 is 9.47 Å². The van der Waals surface area contributed by atoms with Crippen molar-refractivity contribution in [3.05, 3.63) is 61.8 Å². The molecule has 0 fully saturated rings. The van der Waals surface area contributed by atoms with Gasteiger partial charge in [-0.05, 0) is 25.7 Å². The van der Waals surface area contributed by atoms with Crippen LogP contribution in [-0.2, 0) is 19.1 Å². The lowest BCUT2D eigenvalue weighted by molar-refractivity contribution is -0.159. The van der Waals surface area contributed by atoms with Gasteiger partial charge in [0.2, 0.25) is 0 Å². The van der Waals surface area contributed by atoms with Crippen LogP contribution in [0.15, 0.2) is 61.8 Å². The third-order valence-electron chi connectivity index (χ3n) is 3.62. The molecule has 130 valence electrons. The molecule has 0 aromatic heterocycles. The van der Waals surface area contributed by atoms with Crippen molar-refractivity contribution in [2.45, 2.75) is 25.7 Å². The highest BCUT2D eigenvalue weighted by Crippen LogP contribution is 2.28. The molecule has 0 radical (unpaired) electrons. The molecule has 0 aliphatic heterocycles. The second-order valence-electron chi connectivity index (χ2n) is 5.41. The number of hydrogen-bond acceptors (Lipinski definition) is 4.